The van der Waals surface area contributed by atoms with E-state index >= 15 is 0 Å². The number of rotatable bonds is 3. The molecule has 2 aromatic rings. The smallest absolute Gasteiger partial charge is 0.271 e. The van der Waals surface area contributed by atoms with Crippen molar-refractivity contribution in [3.63, 3.8) is 0 Å². The van der Waals surface area contributed by atoms with Gasteiger partial charge in [0.05, 0.1) is 6.54 Å². The molecular weight excluding hydrogens is 354 g/mol. The van der Waals surface area contributed by atoms with Crippen molar-refractivity contribution in [2.45, 2.75) is 18.9 Å². The zero-order chi connectivity index (χ0) is 16.9. The topological polar surface area (TPSA) is 98.7 Å². The van der Waals surface area contributed by atoms with Gasteiger partial charge in [0.15, 0.2) is 10.9 Å². The lowest BCUT2D eigenvalue weighted by atomic mass is 10.2. The van der Waals surface area contributed by atoms with E-state index in [0.717, 1.165) is 19.2 Å². The van der Waals surface area contributed by atoms with Crippen LogP contribution in [0.1, 0.15) is 18.9 Å². The molecule has 0 saturated heterocycles. The minimum Gasteiger partial charge on any atom is -0.271 e. The van der Waals surface area contributed by atoms with Gasteiger partial charge in [0.1, 0.15) is 6.34 Å². The highest BCUT2D eigenvalue weighted by Gasteiger charge is 2.35. The number of hydrogen-bond donors (Lipinski definition) is 0. The zero-order valence-corrected chi connectivity index (χ0v) is 13.9. The van der Waals surface area contributed by atoms with Gasteiger partial charge in [-0.25, -0.2) is 9.79 Å². The van der Waals surface area contributed by atoms with Crippen LogP contribution in [-0.4, -0.2) is 40.1 Å². The summed E-state index contributed by atoms with van der Waals surface area (Å²) in [6, 6.07) is 6.71. The lowest BCUT2D eigenvalue weighted by molar-refractivity contribution is 0.587. The maximum atomic E-state index is 12.7. The summed E-state index contributed by atoms with van der Waals surface area (Å²) in [5.74, 6) is 0.308. The summed E-state index contributed by atoms with van der Waals surface area (Å²) in [7, 11) is -4.12. The average Bonchev–Trinajstić information content (AvgIpc) is 3.10. The maximum Gasteiger partial charge on any atom is 0.361 e. The van der Waals surface area contributed by atoms with Crippen molar-refractivity contribution < 1.29 is 8.42 Å². The first-order valence-corrected chi connectivity index (χ1v) is 9.08. The molecule has 1 fully saturated rings. The van der Waals surface area contributed by atoms with E-state index in [2.05, 4.69) is 15.1 Å². The zero-order valence-electron chi connectivity index (χ0n) is 12.3. The average molecular weight is 366 g/mol. The molecule has 1 aromatic carbocycles. The minimum atomic E-state index is -4.12. The molecular formula is C14H12ClN5O3S. The summed E-state index contributed by atoms with van der Waals surface area (Å²) < 4.78 is 27.2. The predicted octanol–water partition coefficient (Wildman–Crippen LogP) is 1.32. The monoisotopic (exact) mass is 365 g/mol. The van der Waals surface area contributed by atoms with Crippen LogP contribution in [0.2, 0.25) is 5.02 Å². The van der Waals surface area contributed by atoms with Gasteiger partial charge >= 0.3 is 15.7 Å². The summed E-state index contributed by atoms with van der Waals surface area (Å²) in [5, 5.41) is 4.44. The van der Waals surface area contributed by atoms with E-state index < -0.39 is 15.7 Å². The summed E-state index contributed by atoms with van der Waals surface area (Å²) in [6.07, 6.45) is 2.79. The molecule has 2 heterocycles. The third-order valence-electron chi connectivity index (χ3n) is 3.83. The van der Waals surface area contributed by atoms with Gasteiger partial charge < -0.3 is 0 Å². The number of aromatic nitrogens is 3. The van der Waals surface area contributed by atoms with E-state index in [4.69, 9.17) is 11.6 Å². The minimum absolute atomic E-state index is 0.0334. The summed E-state index contributed by atoms with van der Waals surface area (Å²) in [5.41, 5.74) is -0.0565. The Kier molecular flexibility index (Phi) is 3.43. The highest BCUT2D eigenvalue weighted by Crippen LogP contribution is 2.36. The number of nitrogens with zero attached hydrogens (tertiary/aromatic N) is 5. The van der Waals surface area contributed by atoms with Crippen molar-refractivity contribution in [2.75, 3.05) is 6.54 Å². The molecule has 8 nitrogen and oxygen atoms in total. The van der Waals surface area contributed by atoms with E-state index in [0.29, 0.717) is 20.5 Å². The van der Waals surface area contributed by atoms with Crippen LogP contribution in [0.15, 0.2) is 39.0 Å². The molecule has 2 aliphatic rings. The van der Waals surface area contributed by atoms with Crippen LogP contribution < -0.4 is 5.69 Å². The highest BCUT2D eigenvalue weighted by molar-refractivity contribution is 8.05. The fourth-order valence-electron chi connectivity index (χ4n) is 2.49. The second-order valence-electron chi connectivity index (χ2n) is 5.54. The molecule has 0 N–H and O–H groups in total. The normalized spacial score (nSPS) is 17.3. The molecule has 0 spiro atoms. The molecule has 124 valence electrons. The van der Waals surface area contributed by atoms with Crippen LogP contribution in [0.4, 0.5) is 0 Å². The first kappa shape index (κ1) is 15.3. The van der Waals surface area contributed by atoms with Gasteiger partial charge in [0, 0.05) is 16.6 Å². The second-order valence-corrected chi connectivity index (χ2v) is 7.74. The third kappa shape index (κ3) is 2.40. The molecule has 0 amide bonds. The predicted molar refractivity (Wildman–Crippen MR) is 90.3 cm³/mol. The Morgan fingerprint density at radius 1 is 1.17 bits per heavy atom. The highest BCUT2D eigenvalue weighted by atomic mass is 35.5. The quantitative estimate of drug-likeness (QED) is 0.818. The van der Waals surface area contributed by atoms with Crippen molar-refractivity contribution in [1.29, 1.82) is 0 Å². The Morgan fingerprint density at radius 3 is 2.46 bits per heavy atom. The van der Waals surface area contributed by atoms with Gasteiger partial charge in [-0.1, -0.05) is 15.7 Å². The molecule has 4 rings (SSSR count). The Bertz CT molecular complexity index is 1030. The van der Waals surface area contributed by atoms with Crippen LogP contribution in [0, 0.1) is 0 Å². The van der Waals surface area contributed by atoms with E-state index in [1.165, 1.54) is 4.57 Å². The fourth-order valence-corrected chi connectivity index (χ4v) is 3.71. The van der Waals surface area contributed by atoms with E-state index in [1.54, 1.807) is 24.3 Å². The Balaban J connectivity index is 1.90. The SMILES string of the molecule is O=c1n(S(=O)(=O)C2=NC=NC2)nc(-c2ccc(Cl)cc2)n1C1CC1. The molecule has 0 radical (unpaired) electrons. The maximum absolute atomic E-state index is 12.7. The van der Waals surface area contributed by atoms with Crippen molar-refractivity contribution >= 4 is 33.0 Å². The van der Waals surface area contributed by atoms with E-state index in [-0.39, 0.29) is 17.6 Å². The summed E-state index contributed by atoms with van der Waals surface area (Å²) in [6.45, 7) is -0.0820. The fraction of sp³-hybridized carbons (Fsp3) is 0.286. The van der Waals surface area contributed by atoms with Crippen LogP contribution in [0.3, 0.4) is 0 Å². The number of halogens is 1. The molecule has 0 atom stereocenters. The lowest BCUT2D eigenvalue weighted by Crippen LogP contribution is -2.35. The second kappa shape index (κ2) is 5.38. The van der Waals surface area contributed by atoms with Crippen LogP contribution in [0.25, 0.3) is 11.4 Å². The number of hydrogen-bond acceptors (Lipinski definition) is 6. The molecule has 1 aliphatic heterocycles. The Hall–Kier alpha value is -2.26. The number of aliphatic imine (C=N–C) groups is 2. The molecule has 24 heavy (non-hydrogen) atoms. The Morgan fingerprint density at radius 2 is 1.88 bits per heavy atom. The van der Waals surface area contributed by atoms with Crippen molar-refractivity contribution in [3.05, 3.63) is 39.8 Å². The summed E-state index contributed by atoms with van der Waals surface area (Å²) >= 11 is 5.89. The Labute approximate surface area is 142 Å². The van der Waals surface area contributed by atoms with E-state index in [1.807, 2.05) is 0 Å². The number of benzene rings is 1. The van der Waals surface area contributed by atoms with Crippen LogP contribution >= 0.6 is 11.6 Å². The molecule has 1 aliphatic carbocycles. The van der Waals surface area contributed by atoms with Gasteiger partial charge in [-0.15, -0.1) is 5.10 Å². The van der Waals surface area contributed by atoms with Gasteiger partial charge in [0.25, 0.3) is 0 Å². The van der Waals surface area contributed by atoms with Gasteiger partial charge in [-0.3, -0.25) is 9.56 Å². The summed E-state index contributed by atoms with van der Waals surface area (Å²) in [4.78, 5) is 20.2. The molecule has 10 heteroatoms. The van der Waals surface area contributed by atoms with Gasteiger partial charge in [-0.05, 0) is 37.1 Å². The van der Waals surface area contributed by atoms with E-state index in [9.17, 15) is 13.2 Å². The lowest BCUT2D eigenvalue weighted by Gasteiger charge is -2.03. The van der Waals surface area contributed by atoms with Crippen LogP contribution in [-0.2, 0) is 10.0 Å². The molecule has 0 bridgehead atoms. The molecule has 1 aromatic heterocycles. The van der Waals surface area contributed by atoms with Crippen molar-refractivity contribution in [3.8, 4) is 11.4 Å². The van der Waals surface area contributed by atoms with Crippen LogP contribution in [0.5, 0.6) is 0 Å². The molecule has 0 unspecified atom stereocenters. The van der Waals surface area contributed by atoms with Gasteiger partial charge in [0.2, 0.25) is 0 Å². The van der Waals surface area contributed by atoms with Gasteiger partial charge in [-0.2, -0.15) is 8.42 Å². The largest absolute Gasteiger partial charge is 0.361 e. The third-order valence-corrected chi connectivity index (χ3v) is 5.61. The standard InChI is InChI=1S/C14H12ClN5O3S/c15-10-3-1-9(2-4-10)13-18-20(14(21)19(13)11-5-6-11)24(22,23)12-7-16-8-17-12/h1-4,8,11H,5-7H2. The van der Waals surface area contributed by atoms with Crippen molar-refractivity contribution in [1.82, 2.24) is 13.8 Å². The van der Waals surface area contributed by atoms with Crippen molar-refractivity contribution in [2.24, 2.45) is 9.98 Å². The first-order valence-electron chi connectivity index (χ1n) is 7.26. The molecule has 1 saturated carbocycles. The first-order chi connectivity index (χ1) is 11.5.